The average Bonchev–Trinajstić information content (AvgIpc) is 3.32. The van der Waals surface area contributed by atoms with Gasteiger partial charge in [-0.3, -0.25) is 4.90 Å². The molecular formula is C21H25F5N4. The lowest BCUT2D eigenvalue weighted by Crippen LogP contribution is -2.29. The van der Waals surface area contributed by atoms with E-state index < -0.39 is 23.7 Å². The maximum absolute atomic E-state index is 13.7. The molecule has 0 amide bonds. The lowest BCUT2D eigenvalue weighted by molar-refractivity contribution is -0.139. The van der Waals surface area contributed by atoms with Crippen molar-refractivity contribution in [3.8, 4) is 11.3 Å². The SMILES string of the molecule is Fc1ccc(-c2cn(CCN3CC[C@H](F)C3)c(C3CCNCC3)n2)cc1C(F)(F)F. The Hall–Kier alpha value is -2.00. The predicted octanol–water partition coefficient (Wildman–Crippen LogP) is 4.22. The molecule has 1 aromatic carbocycles. The fourth-order valence-electron chi connectivity index (χ4n) is 4.29. The van der Waals surface area contributed by atoms with E-state index in [9.17, 15) is 22.0 Å². The molecule has 0 aliphatic carbocycles. The van der Waals surface area contributed by atoms with Crippen LogP contribution in [-0.4, -0.2) is 53.3 Å². The summed E-state index contributed by atoms with van der Waals surface area (Å²) in [6, 6.07) is 2.99. The van der Waals surface area contributed by atoms with E-state index in [1.54, 1.807) is 6.20 Å². The maximum Gasteiger partial charge on any atom is 0.419 e. The highest BCUT2D eigenvalue weighted by molar-refractivity contribution is 5.60. The molecule has 4 rings (SSSR count). The summed E-state index contributed by atoms with van der Waals surface area (Å²) < 4.78 is 68.6. The summed E-state index contributed by atoms with van der Waals surface area (Å²) in [5, 5.41) is 3.30. The normalized spacial score (nSPS) is 21.4. The van der Waals surface area contributed by atoms with Gasteiger partial charge in [-0.25, -0.2) is 13.8 Å². The summed E-state index contributed by atoms with van der Waals surface area (Å²) in [6.07, 6.45) is -1.50. The summed E-state index contributed by atoms with van der Waals surface area (Å²) in [4.78, 5) is 6.72. The Kier molecular flexibility index (Phi) is 6.11. The second-order valence-electron chi connectivity index (χ2n) is 8.08. The first-order valence-corrected chi connectivity index (χ1v) is 10.3. The van der Waals surface area contributed by atoms with Crippen LogP contribution in [0.1, 0.15) is 36.6 Å². The molecule has 0 radical (unpaired) electrons. The van der Waals surface area contributed by atoms with Crippen LogP contribution in [0.4, 0.5) is 22.0 Å². The number of rotatable bonds is 5. The van der Waals surface area contributed by atoms with Crippen LogP contribution in [0.2, 0.25) is 0 Å². The molecule has 4 nitrogen and oxygen atoms in total. The third-order valence-corrected chi connectivity index (χ3v) is 5.95. The van der Waals surface area contributed by atoms with Gasteiger partial charge in [0.05, 0.1) is 11.3 Å². The number of nitrogens with zero attached hydrogens (tertiary/aromatic N) is 3. The summed E-state index contributed by atoms with van der Waals surface area (Å²) in [5.74, 6) is -0.255. The number of hydrogen-bond acceptors (Lipinski definition) is 3. The Morgan fingerprint density at radius 3 is 2.53 bits per heavy atom. The molecule has 2 aliphatic rings. The second-order valence-corrected chi connectivity index (χ2v) is 8.08. The van der Waals surface area contributed by atoms with Crippen LogP contribution in [0.3, 0.4) is 0 Å². The van der Waals surface area contributed by atoms with E-state index in [1.807, 2.05) is 4.57 Å². The molecule has 164 valence electrons. The van der Waals surface area contributed by atoms with E-state index in [4.69, 9.17) is 0 Å². The van der Waals surface area contributed by atoms with Crippen molar-refractivity contribution in [3.63, 3.8) is 0 Å². The number of piperidine rings is 1. The number of benzene rings is 1. The van der Waals surface area contributed by atoms with Crippen molar-refractivity contribution >= 4 is 0 Å². The van der Waals surface area contributed by atoms with Gasteiger partial charge in [0.15, 0.2) is 0 Å². The zero-order valence-electron chi connectivity index (χ0n) is 16.6. The number of aromatic nitrogens is 2. The molecule has 2 aromatic rings. The number of nitrogens with one attached hydrogen (secondary N) is 1. The Balaban J connectivity index is 1.63. The van der Waals surface area contributed by atoms with Crippen molar-refractivity contribution in [2.75, 3.05) is 32.7 Å². The molecular weight excluding hydrogens is 403 g/mol. The minimum absolute atomic E-state index is 0.204. The summed E-state index contributed by atoms with van der Waals surface area (Å²) >= 11 is 0. The Labute approximate surface area is 172 Å². The maximum atomic E-state index is 13.7. The topological polar surface area (TPSA) is 33.1 Å². The van der Waals surface area contributed by atoms with Gasteiger partial charge in [-0.1, -0.05) is 0 Å². The van der Waals surface area contributed by atoms with Crippen LogP contribution in [0.25, 0.3) is 11.3 Å². The fraction of sp³-hybridized carbons (Fsp3) is 0.571. The van der Waals surface area contributed by atoms with E-state index in [-0.39, 0.29) is 11.5 Å². The number of likely N-dealkylation sites (tertiary alicyclic amines) is 1. The van der Waals surface area contributed by atoms with Gasteiger partial charge >= 0.3 is 6.18 Å². The second kappa shape index (κ2) is 8.63. The zero-order chi connectivity index (χ0) is 21.3. The number of hydrogen-bond donors (Lipinski definition) is 1. The molecule has 30 heavy (non-hydrogen) atoms. The molecule has 3 heterocycles. The van der Waals surface area contributed by atoms with Crippen molar-refractivity contribution < 1.29 is 22.0 Å². The van der Waals surface area contributed by atoms with Crippen LogP contribution in [0, 0.1) is 5.82 Å². The Morgan fingerprint density at radius 2 is 1.87 bits per heavy atom. The molecule has 1 N–H and O–H groups in total. The van der Waals surface area contributed by atoms with Crippen molar-refractivity contribution in [1.29, 1.82) is 0 Å². The van der Waals surface area contributed by atoms with Gasteiger partial charge in [-0.15, -0.1) is 0 Å². The molecule has 9 heteroatoms. The van der Waals surface area contributed by atoms with E-state index in [0.29, 0.717) is 38.3 Å². The van der Waals surface area contributed by atoms with Crippen LogP contribution in [0.15, 0.2) is 24.4 Å². The first-order valence-electron chi connectivity index (χ1n) is 10.3. The monoisotopic (exact) mass is 428 g/mol. The number of imidazole rings is 1. The van der Waals surface area contributed by atoms with Crippen molar-refractivity contribution in [2.24, 2.45) is 0 Å². The van der Waals surface area contributed by atoms with E-state index in [1.165, 1.54) is 6.07 Å². The molecule has 1 aromatic heterocycles. The molecule has 0 unspecified atom stereocenters. The zero-order valence-corrected chi connectivity index (χ0v) is 16.6. The van der Waals surface area contributed by atoms with Crippen LogP contribution < -0.4 is 5.32 Å². The van der Waals surface area contributed by atoms with Gasteiger partial charge in [-0.2, -0.15) is 13.2 Å². The van der Waals surface area contributed by atoms with Gasteiger partial charge in [0.2, 0.25) is 0 Å². The third-order valence-electron chi connectivity index (χ3n) is 5.95. The van der Waals surface area contributed by atoms with Gasteiger partial charge in [-0.05, 0) is 50.6 Å². The van der Waals surface area contributed by atoms with E-state index >= 15 is 0 Å². The third kappa shape index (κ3) is 4.67. The summed E-state index contributed by atoms with van der Waals surface area (Å²) in [7, 11) is 0. The standard InChI is InChI=1S/C21H25F5N4/c22-16-5-8-29(12-16)9-10-30-13-19(28-20(30)14-3-6-27-7-4-14)15-1-2-18(23)17(11-15)21(24,25)26/h1-2,11,13-14,16,27H,3-10,12H2/t16-/m0/s1. The Morgan fingerprint density at radius 1 is 1.10 bits per heavy atom. The van der Waals surface area contributed by atoms with Crippen molar-refractivity contribution in [1.82, 2.24) is 19.8 Å². The van der Waals surface area contributed by atoms with E-state index in [2.05, 4.69) is 15.2 Å². The summed E-state index contributed by atoms with van der Waals surface area (Å²) in [5.41, 5.74) is -0.648. The van der Waals surface area contributed by atoms with Gasteiger partial charge < -0.3 is 9.88 Å². The minimum Gasteiger partial charge on any atom is -0.333 e. The van der Waals surface area contributed by atoms with Crippen LogP contribution in [-0.2, 0) is 12.7 Å². The van der Waals surface area contributed by atoms with Crippen molar-refractivity contribution in [2.45, 2.75) is 44.1 Å². The summed E-state index contributed by atoms with van der Waals surface area (Å²) in [6.45, 7) is 4.09. The lowest BCUT2D eigenvalue weighted by atomic mass is 9.97. The highest BCUT2D eigenvalue weighted by atomic mass is 19.4. The molecule has 2 saturated heterocycles. The van der Waals surface area contributed by atoms with Gasteiger partial charge in [0.1, 0.15) is 17.8 Å². The van der Waals surface area contributed by atoms with Crippen LogP contribution in [0.5, 0.6) is 0 Å². The molecule has 0 spiro atoms. The van der Waals surface area contributed by atoms with Gasteiger partial charge in [0, 0.05) is 43.9 Å². The quantitative estimate of drug-likeness (QED) is 0.724. The smallest absolute Gasteiger partial charge is 0.333 e. The predicted molar refractivity (Wildman–Crippen MR) is 103 cm³/mol. The van der Waals surface area contributed by atoms with Crippen molar-refractivity contribution in [3.05, 3.63) is 41.6 Å². The fourth-order valence-corrected chi connectivity index (χ4v) is 4.29. The molecule has 0 bridgehead atoms. The molecule has 1 atom stereocenters. The molecule has 2 aliphatic heterocycles. The highest BCUT2D eigenvalue weighted by Gasteiger charge is 2.34. The minimum atomic E-state index is -4.76. The largest absolute Gasteiger partial charge is 0.419 e. The van der Waals surface area contributed by atoms with Gasteiger partial charge in [0.25, 0.3) is 0 Å². The Bertz CT molecular complexity index is 873. The lowest BCUT2D eigenvalue weighted by Gasteiger charge is -2.24. The van der Waals surface area contributed by atoms with Crippen LogP contribution >= 0.6 is 0 Å². The molecule has 0 saturated carbocycles. The average molecular weight is 428 g/mol. The van der Waals surface area contributed by atoms with E-state index in [0.717, 1.165) is 43.9 Å². The number of alkyl halides is 4. The first-order chi connectivity index (χ1) is 14.3. The molecule has 2 fully saturated rings. The highest BCUT2D eigenvalue weighted by Crippen LogP contribution is 2.35. The first kappa shape index (κ1) is 21.2. The number of halogens is 5.